The lowest BCUT2D eigenvalue weighted by atomic mass is 10.3. The van der Waals surface area contributed by atoms with Crippen molar-refractivity contribution in [1.29, 1.82) is 0 Å². The van der Waals surface area contributed by atoms with Crippen LogP contribution in [-0.4, -0.2) is 48.9 Å². The lowest BCUT2D eigenvalue weighted by Crippen LogP contribution is -2.39. The Balaban J connectivity index is 3.53. The third-order valence-electron chi connectivity index (χ3n) is 1.86. The summed E-state index contributed by atoms with van der Waals surface area (Å²) < 4.78 is 4.92. The van der Waals surface area contributed by atoms with Crippen LogP contribution in [0.2, 0.25) is 0 Å². The summed E-state index contributed by atoms with van der Waals surface area (Å²) >= 11 is 1.66. The average molecular weight is 235 g/mol. The Labute approximate surface area is 95.8 Å². The van der Waals surface area contributed by atoms with Crippen molar-refractivity contribution in [2.45, 2.75) is 25.8 Å². The third kappa shape index (κ3) is 8.72. The van der Waals surface area contributed by atoms with Crippen LogP contribution < -0.4 is 5.32 Å². The molecule has 0 heterocycles. The summed E-state index contributed by atoms with van der Waals surface area (Å²) in [5, 5.41) is 11.9. The number of carboxylic acid groups (broad SMARTS) is 1. The maximum absolute atomic E-state index is 10.8. The largest absolute Gasteiger partial charge is 0.480 e. The predicted octanol–water partition coefficient (Wildman–Crippen LogP) is 1.21. The van der Waals surface area contributed by atoms with Gasteiger partial charge >= 0.3 is 5.97 Å². The highest BCUT2D eigenvalue weighted by Gasteiger charge is 2.15. The zero-order valence-electron chi connectivity index (χ0n) is 9.49. The number of carboxylic acids is 1. The number of ether oxygens (including phenoxy) is 1. The molecule has 15 heavy (non-hydrogen) atoms. The molecule has 2 N–H and O–H groups in total. The number of hydrogen-bond donors (Lipinski definition) is 2. The molecule has 0 saturated heterocycles. The number of aliphatic carboxylic acids is 1. The topological polar surface area (TPSA) is 58.6 Å². The van der Waals surface area contributed by atoms with E-state index in [-0.39, 0.29) is 0 Å². The Morgan fingerprint density at radius 3 is 2.87 bits per heavy atom. The molecule has 0 aliphatic heterocycles. The molecule has 0 aliphatic carbocycles. The fourth-order valence-electron chi connectivity index (χ4n) is 1.04. The van der Waals surface area contributed by atoms with Crippen molar-refractivity contribution < 1.29 is 14.6 Å². The van der Waals surface area contributed by atoms with E-state index in [2.05, 4.69) is 5.32 Å². The highest BCUT2D eigenvalue weighted by molar-refractivity contribution is 7.99. The van der Waals surface area contributed by atoms with Gasteiger partial charge in [-0.25, -0.2) is 0 Å². The van der Waals surface area contributed by atoms with E-state index in [0.717, 1.165) is 31.7 Å². The van der Waals surface area contributed by atoms with Crippen LogP contribution in [0.4, 0.5) is 0 Å². The van der Waals surface area contributed by atoms with Gasteiger partial charge in [-0.1, -0.05) is 6.92 Å². The van der Waals surface area contributed by atoms with Crippen LogP contribution in [0, 0.1) is 0 Å². The van der Waals surface area contributed by atoms with Crippen LogP contribution in [0.3, 0.4) is 0 Å². The van der Waals surface area contributed by atoms with E-state index in [4.69, 9.17) is 9.84 Å². The first-order valence-corrected chi connectivity index (χ1v) is 6.40. The van der Waals surface area contributed by atoms with Gasteiger partial charge in [-0.3, -0.25) is 4.79 Å². The summed E-state index contributed by atoms with van der Waals surface area (Å²) in [4.78, 5) is 10.8. The van der Waals surface area contributed by atoms with Crippen molar-refractivity contribution in [1.82, 2.24) is 5.32 Å². The van der Waals surface area contributed by atoms with Crippen LogP contribution >= 0.6 is 11.8 Å². The van der Waals surface area contributed by atoms with Crippen molar-refractivity contribution in [2.24, 2.45) is 0 Å². The summed E-state index contributed by atoms with van der Waals surface area (Å²) in [6.07, 6.45) is 1.93. The molecule has 0 radical (unpaired) electrons. The standard InChI is InChI=1S/C10H21NO3S/c1-3-5-11-9(10(12)13)8-15-7-4-6-14-2/h9,11H,3-8H2,1-2H3,(H,12,13). The van der Waals surface area contributed by atoms with E-state index in [1.54, 1.807) is 18.9 Å². The maximum Gasteiger partial charge on any atom is 0.321 e. The van der Waals surface area contributed by atoms with Gasteiger partial charge in [-0.15, -0.1) is 0 Å². The summed E-state index contributed by atoms with van der Waals surface area (Å²) in [6.45, 7) is 3.53. The van der Waals surface area contributed by atoms with Gasteiger partial charge in [0.15, 0.2) is 0 Å². The fraction of sp³-hybridized carbons (Fsp3) is 0.900. The Morgan fingerprint density at radius 2 is 2.33 bits per heavy atom. The second kappa shape index (κ2) is 10.3. The van der Waals surface area contributed by atoms with Gasteiger partial charge in [0.05, 0.1) is 0 Å². The van der Waals surface area contributed by atoms with Crippen molar-refractivity contribution in [3.8, 4) is 0 Å². The Morgan fingerprint density at radius 1 is 1.60 bits per heavy atom. The number of rotatable bonds is 10. The minimum atomic E-state index is -0.761. The number of thioether (sulfide) groups is 1. The second-order valence-electron chi connectivity index (χ2n) is 3.27. The van der Waals surface area contributed by atoms with Gasteiger partial charge in [0.25, 0.3) is 0 Å². The summed E-state index contributed by atoms with van der Waals surface area (Å²) in [7, 11) is 1.67. The van der Waals surface area contributed by atoms with Gasteiger partial charge in [0, 0.05) is 19.5 Å². The molecular formula is C10H21NO3S. The molecule has 0 aromatic heterocycles. The zero-order chi connectivity index (χ0) is 11.5. The molecule has 0 aromatic carbocycles. The van der Waals surface area contributed by atoms with Crippen LogP contribution in [0.5, 0.6) is 0 Å². The van der Waals surface area contributed by atoms with Crippen LogP contribution in [0.1, 0.15) is 19.8 Å². The number of hydrogen-bond acceptors (Lipinski definition) is 4. The fourth-order valence-corrected chi connectivity index (χ4v) is 2.03. The van der Waals surface area contributed by atoms with E-state index in [1.165, 1.54) is 0 Å². The van der Waals surface area contributed by atoms with Gasteiger partial charge in [-0.05, 0) is 25.1 Å². The minimum Gasteiger partial charge on any atom is -0.480 e. The normalized spacial score (nSPS) is 12.7. The molecule has 90 valence electrons. The van der Waals surface area contributed by atoms with E-state index in [0.29, 0.717) is 5.75 Å². The first-order chi connectivity index (χ1) is 7.22. The molecule has 0 aliphatic rings. The van der Waals surface area contributed by atoms with E-state index in [9.17, 15) is 4.79 Å². The maximum atomic E-state index is 10.8. The second-order valence-corrected chi connectivity index (χ2v) is 4.42. The first kappa shape index (κ1) is 14.7. The Bertz CT molecular complexity index is 167. The van der Waals surface area contributed by atoms with Gasteiger partial charge in [0.2, 0.25) is 0 Å². The molecule has 0 rings (SSSR count). The van der Waals surface area contributed by atoms with Crippen LogP contribution in [-0.2, 0) is 9.53 Å². The smallest absolute Gasteiger partial charge is 0.321 e. The molecule has 0 fully saturated rings. The first-order valence-electron chi connectivity index (χ1n) is 5.25. The average Bonchev–Trinajstić information content (AvgIpc) is 2.21. The highest BCUT2D eigenvalue weighted by atomic mass is 32.2. The quantitative estimate of drug-likeness (QED) is 0.557. The third-order valence-corrected chi connectivity index (χ3v) is 3.01. The van der Waals surface area contributed by atoms with Crippen molar-refractivity contribution in [2.75, 3.05) is 31.8 Å². The Hall–Kier alpha value is -0.260. The molecule has 4 nitrogen and oxygen atoms in total. The lowest BCUT2D eigenvalue weighted by molar-refractivity contribution is -0.138. The van der Waals surface area contributed by atoms with Gasteiger partial charge in [0.1, 0.15) is 6.04 Å². The number of methoxy groups -OCH3 is 1. The minimum absolute atomic E-state index is 0.419. The molecule has 0 saturated carbocycles. The number of nitrogens with one attached hydrogen (secondary N) is 1. The SMILES string of the molecule is CCCNC(CSCCCOC)C(=O)O. The van der Waals surface area contributed by atoms with E-state index < -0.39 is 12.0 Å². The van der Waals surface area contributed by atoms with Crippen molar-refractivity contribution in [3.05, 3.63) is 0 Å². The summed E-state index contributed by atoms with van der Waals surface area (Å²) in [6, 6.07) is -0.419. The monoisotopic (exact) mass is 235 g/mol. The molecule has 1 atom stereocenters. The molecule has 0 spiro atoms. The van der Waals surface area contributed by atoms with Crippen molar-refractivity contribution in [3.63, 3.8) is 0 Å². The molecule has 0 amide bonds. The zero-order valence-corrected chi connectivity index (χ0v) is 10.3. The van der Waals surface area contributed by atoms with Gasteiger partial charge < -0.3 is 15.2 Å². The number of carbonyl (C=O) groups is 1. The van der Waals surface area contributed by atoms with E-state index in [1.807, 2.05) is 6.92 Å². The molecule has 0 aromatic rings. The summed E-state index contributed by atoms with van der Waals surface area (Å²) in [5.74, 6) is 0.812. The molecule has 5 heteroatoms. The lowest BCUT2D eigenvalue weighted by Gasteiger charge is -2.13. The van der Waals surface area contributed by atoms with Crippen LogP contribution in [0.25, 0.3) is 0 Å². The Kier molecular flexibility index (Phi) is 10.1. The molecule has 0 bridgehead atoms. The predicted molar refractivity (Wildman–Crippen MR) is 63.5 cm³/mol. The van der Waals surface area contributed by atoms with Crippen molar-refractivity contribution >= 4 is 17.7 Å². The van der Waals surface area contributed by atoms with Gasteiger partial charge in [-0.2, -0.15) is 11.8 Å². The summed E-state index contributed by atoms with van der Waals surface area (Å²) in [5.41, 5.74) is 0. The van der Waals surface area contributed by atoms with E-state index >= 15 is 0 Å². The molecular weight excluding hydrogens is 214 g/mol. The highest BCUT2D eigenvalue weighted by Crippen LogP contribution is 2.05. The van der Waals surface area contributed by atoms with Crippen LogP contribution in [0.15, 0.2) is 0 Å². The molecule has 1 unspecified atom stereocenters.